The average Bonchev–Trinajstić information content (AvgIpc) is 2.67. The maximum Gasteiger partial charge on any atom is 0.175 e. The Balaban J connectivity index is 1.86. The molecule has 0 amide bonds. The lowest BCUT2D eigenvalue weighted by Crippen LogP contribution is -2.31. The zero-order chi connectivity index (χ0) is 12.3. The molecule has 4 heteroatoms. The number of hydrogen-bond donors (Lipinski definition) is 0. The number of piperidine rings is 1. The van der Waals surface area contributed by atoms with Gasteiger partial charge in [0.15, 0.2) is 5.78 Å². The number of Topliss-reactive ketones (excluding diaryl/α,β-unsaturated/α-hetero) is 1. The van der Waals surface area contributed by atoms with Gasteiger partial charge in [-0.05, 0) is 39.8 Å². The molecule has 0 atom stereocenters. The van der Waals surface area contributed by atoms with E-state index in [0.717, 1.165) is 35.2 Å². The Morgan fingerprint density at radius 2 is 2.00 bits per heavy atom. The summed E-state index contributed by atoms with van der Waals surface area (Å²) in [6.07, 6.45) is 4.56. The highest BCUT2D eigenvalue weighted by molar-refractivity contribution is 7.13. The van der Waals surface area contributed by atoms with E-state index in [4.69, 9.17) is 0 Å². The zero-order valence-electron chi connectivity index (χ0n) is 10.7. The van der Waals surface area contributed by atoms with Gasteiger partial charge in [-0.3, -0.25) is 4.79 Å². The van der Waals surface area contributed by atoms with Gasteiger partial charge in [0.05, 0.1) is 15.6 Å². The van der Waals surface area contributed by atoms with Crippen molar-refractivity contribution in [2.24, 2.45) is 0 Å². The summed E-state index contributed by atoms with van der Waals surface area (Å²) in [6.45, 7) is 7.12. The van der Waals surface area contributed by atoms with Crippen LogP contribution in [-0.4, -0.2) is 35.3 Å². The molecule has 0 aliphatic carbocycles. The van der Waals surface area contributed by atoms with Crippen LogP contribution >= 0.6 is 11.3 Å². The topological polar surface area (TPSA) is 33.2 Å². The third kappa shape index (κ3) is 3.36. The molecule has 2 rings (SSSR count). The minimum absolute atomic E-state index is 0.263. The molecule has 0 aromatic carbocycles. The number of aryl methyl sites for hydroxylation is 2. The van der Waals surface area contributed by atoms with Crippen LogP contribution < -0.4 is 0 Å². The molecular weight excluding hydrogens is 232 g/mol. The Bertz CT molecular complexity index is 394. The first kappa shape index (κ1) is 12.7. The molecule has 1 aliphatic heterocycles. The normalized spacial score (nSPS) is 17.3. The third-order valence-corrected chi connectivity index (χ3v) is 4.37. The van der Waals surface area contributed by atoms with Crippen molar-refractivity contribution in [3.63, 3.8) is 0 Å². The first-order valence-corrected chi connectivity index (χ1v) is 7.18. The molecule has 2 heterocycles. The van der Waals surface area contributed by atoms with E-state index in [0.29, 0.717) is 6.42 Å². The smallest absolute Gasteiger partial charge is 0.175 e. The number of nitrogens with zero attached hydrogens (tertiary/aromatic N) is 2. The van der Waals surface area contributed by atoms with Gasteiger partial charge >= 0.3 is 0 Å². The molecule has 94 valence electrons. The fraction of sp³-hybridized carbons (Fsp3) is 0.692. The Labute approximate surface area is 107 Å². The van der Waals surface area contributed by atoms with Gasteiger partial charge in [-0.2, -0.15) is 0 Å². The Kier molecular flexibility index (Phi) is 4.29. The Morgan fingerprint density at radius 1 is 1.29 bits per heavy atom. The van der Waals surface area contributed by atoms with Crippen molar-refractivity contribution in [1.82, 2.24) is 9.88 Å². The highest BCUT2D eigenvalue weighted by Crippen LogP contribution is 2.19. The summed E-state index contributed by atoms with van der Waals surface area (Å²) in [6, 6.07) is 0. The van der Waals surface area contributed by atoms with Crippen LogP contribution in [0, 0.1) is 13.8 Å². The van der Waals surface area contributed by atoms with Gasteiger partial charge in [-0.15, -0.1) is 11.3 Å². The molecule has 0 unspecified atom stereocenters. The number of thiazole rings is 1. The highest BCUT2D eigenvalue weighted by Gasteiger charge is 2.16. The van der Waals surface area contributed by atoms with Crippen LogP contribution in [0.3, 0.4) is 0 Å². The number of aromatic nitrogens is 1. The molecule has 3 nitrogen and oxygen atoms in total. The molecule has 17 heavy (non-hydrogen) atoms. The third-order valence-electron chi connectivity index (χ3n) is 3.26. The molecule has 0 spiro atoms. The number of rotatable bonds is 4. The van der Waals surface area contributed by atoms with Crippen molar-refractivity contribution in [3.05, 3.63) is 15.6 Å². The van der Waals surface area contributed by atoms with Gasteiger partial charge in [-0.1, -0.05) is 6.42 Å². The summed E-state index contributed by atoms with van der Waals surface area (Å²) in [5.74, 6) is 0.263. The van der Waals surface area contributed by atoms with Crippen molar-refractivity contribution in [3.8, 4) is 0 Å². The second-order valence-corrected chi connectivity index (χ2v) is 5.93. The average molecular weight is 252 g/mol. The second-order valence-electron chi connectivity index (χ2n) is 4.72. The fourth-order valence-corrected chi connectivity index (χ4v) is 3.23. The van der Waals surface area contributed by atoms with Crippen molar-refractivity contribution in [1.29, 1.82) is 0 Å². The van der Waals surface area contributed by atoms with E-state index in [-0.39, 0.29) is 5.78 Å². The SMILES string of the molecule is Cc1nc(C)c(C(=O)CCN2CCCCC2)s1. The number of ketones is 1. The van der Waals surface area contributed by atoms with E-state index in [9.17, 15) is 4.79 Å². The molecule has 1 aliphatic rings. The van der Waals surface area contributed by atoms with Crippen molar-refractivity contribution in [2.75, 3.05) is 19.6 Å². The number of likely N-dealkylation sites (tertiary alicyclic amines) is 1. The molecule has 1 fully saturated rings. The maximum atomic E-state index is 12.1. The maximum absolute atomic E-state index is 12.1. The molecule has 0 radical (unpaired) electrons. The van der Waals surface area contributed by atoms with Gasteiger partial charge in [0, 0.05) is 13.0 Å². The van der Waals surface area contributed by atoms with Crippen LogP contribution in [0.15, 0.2) is 0 Å². The Hall–Kier alpha value is -0.740. The predicted octanol–water partition coefficient (Wildman–Crippen LogP) is 2.82. The largest absolute Gasteiger partial charge is 0.303 e. The van der Waals surface area contributed by atoms with Crippen LogP contribution in [0.4, 0.5) is 0 Å². The number of carbonyl (C=O) groups is 1. The van der Waals surface area contributed by atoms with Crippen LogP contribution in [0.5, 0.6) is 0 Å². The van der Waals surface area contributed by atoms with E-state index in [1.807, 2.05) is 13.8 Å². The summed E-state index contributed by atoms with van der Waals surface area (Å²) >= 11 is 1.53. The van der Waals surface area contributed by atoms with Crippen LogP contribution in [-0.2, 0) is 0 Å². The molecule has 1 aromatic rings. The van der Waals surface area contributed by atoms with E-state index >= 15 is 0 Å². The molecule has 0 N–H and O–H groups in total. The molecule has 1 saturated heterocycles. The van der Waals surface area contributed by atoms with E-state index in [2.05, 4.69) is 9.88 Å². The molecule has 0 bridgehead atoms. The first-order chi connectivity index (χ1) is 8.16. The molecule has 1 aromatic heterocycles. The summed E-state index contributed by atoms with van der Waals surface area (Å²) in [5, 5.41) is 0.990. The minimum atomic E-state index is 0.263. The quantitative estimate of drug-likeness (QED) is 0.773. The summed E-state index contributed by atoms with van der Waals surface area (Å²) in [5.41, 5.74) is 0.899. The van der Waals surface area contributed by atoms with Gasteiger partial charge < -0.3 is 4.90 Å². The van der Waals surface area contributed by atoms with Gasteiger partial charge in [0.2, 0.25) is 0 Å². The Morgan fingerprint density at radius 3 is 2.59 bits per heavy atom. The predicted molar refractivity (Wildman–Crippen MR) is 70.8 cm³/mol. The second kappa shape index (κ2) is 5.74. The fourth-order valence-electron chi connectivity index (χ4n) is 2.35. The monoisotopic (exact) mass is 252 g/mol. The van der Waals surface area contributed by atoms with Gasteiger partial charge in [0.1, 0.15) is 0 Å². The zero-order valence-corrected chi connectivity index (χ0v) is 11.5. The lowest BCUT2D eigenvalue weighted by molar-refractivity contribution is 0.0962. The van der Waals surface area contributed by atoms with Gasteiger partial charge in [0.25, 0.3) is 0 Å². The van der Waals surface area contributed by atoms with Crippen LogP contribution in [0.25, 0.3) is 0 Å². The standard InChI is InChI=1S/C13H20N2OS/c1-10-13(17-11(2)14-10)12(16)6-9-15-7-4-3-5-8-15/h3-9H2,1-2H3. The minimum Gasteiger partial charge on any atom is -0.303 e. The van der Waals surface area contributed by atoms with Crippen LogP contribution in [0.1, 0.15) is 46.1 Å². The van der Waals surface area contributed by atoms with Crippen molar-refractivity contribution >= 4 is 17.1 Å². The van der Waals surface area contributed by atoms with Crippen molar-refractivity contribution < 1.29 is 4.79 Å². The van der Waals surface area contributed by atoms with Crippen molar-refractivity contribution in [2.45, 2.75) is 39.5 Å². The van der Waals surface area contributed by atoms with E-state index in [1.165, 1.54) is 30.6 Å². The van der Waals surface area contributed by atoms with E-state index < -0.39 is 0 Å². The molecular formula is C13H20N2OS. The first-order valence-electron chi connectivity index (χ1n) is 6.36. The number of carbonyl (C=O) groups excluding carboxylic acids is 1. The van der Waals surface area contributed by atoms with E-state index in [1.54, 1.807) is 0 Å². The van der Waals surface area contributed by atoms with Gasteiger partial charge in [-0.25, -0.2) is 4.98 Å². The summed E-state index contributed by atoms with van der Waals surface area (Å²) in [7, 11) is 0. The van der Waals surface area contributed by atoms with Crippen LogP contribution in [0.2, 0.25) is 0 Å². The highest BCUT2D eigenvalue weighted by atomic mass is 32.1. The summed E-state index contributed by atoms with van der Waals surface area (Å²) < 4.78 is 0. The lowest BCUT2D eigenvalue weighted by atomic mass is 10.1. The lowest BCUT2D eigenvalue weighted by Gasteiger charge is -2.25. The summed E-state index contributed by atoms with van der Waals surface area (Å²) in [4.78, 5) is 19.6. The molecule has 0 saturated carbocycles. The number of hydrogen-bond acceptors (Lipinski definition) is 4.